The average molecular weight is 315 g/mol. The van der Waals surface area contributed by atoms with E-state index in [0.29, 0.717) is 16.5 Å². The van der Waals surface area contributed by atoms with Crippen molar-refractivity contribution in [3.8, 4) is 0 Å². The first-order valence-corrected chi connectivity index (χ1v) is 6.52. The van der Waals surface area contributed by atoms with Gasteiger partial charge in [-0.05, 0) is 32.9 Å². The Bertz CT molecular complexity index is 486. The molecule has 0 unspecified atom stereocenters. The quantitative estimate of drug-likeness (QED) is 0.527. The number of halogens is 1. The van der Waals surface area contributed by atoms with Gasteiger partial charge in [0, 0.05) is 28.1 Å². The highest BCUT2D eigenvalue weighted by atomic mass is 79.9. The molecule has 0 aliphatic rings. The maximum atomic E-state index is 12.0. The molecule has 0 aromatic heterocycles. The van der Waals surface area contributed by atoms with Crippen molar-refractivity contribution in [3.63, 3.8) is 0 Å². The Morgan fingerprint density at radius 2 is 2.11 bits per heavy atom. The lowest BCUT2D eigenvalue weighted by molar-refractivity contribution is -0.385. The number of carbonyl (C=O) groups excluding carboxylic acids is 1. The summed E-state index contributed by atoms with van der Waals surface area (Å²) in [5.41, 5.74) is 0.551. The summed E-state index contributed by atoms with van der Waals surface area (Å²) in [4.78, 5) is 22.2. The topological polar surface area (TPSA) is 72.2 Å². The van der Waals surface area contributed by atoms with Crippen LogP contribution in [0.15, 0.2) is 18.2 Å². The van der Waals surface area contributed by atoms with Crippen molar-refractivity contribution in [1.82, 2.24) is 5.32 Å². The van der Waals surface area contributed by atoms with Gasteiger partial charge in [0.15, 0.2) is 0 Å². The largest absolute Gasteiger partial charge is 0.346 e. The van der Waals surface area contributed by atoms with Gasteiger partial charge >= 0.3 is 0 Å². The predicted molar refractivity (Wildman–Crippen MR) is 73.2 cm³/mol. The number of amides is 1. The molecular weight excluding hydrogens is 300 g/mol. The molecule has 1 N–H and O–H groups in total. The van der Waals surface area contributed by atoms with Crippen molar-refractivity contribution in [2.24, 2.45) is 0 Å². The van der Waals surface area contributed by atoms with E-state index in [2.05, 4.69) is 21.2 Å². The van der Waals surface area contributed by atoms with Gasteiger partial charge in [-0.3, -0.25) is 14.9 Å². The van der Waals surface area contributed by atoms with Crippen LogP contribution in [0.25, 0.3) is 0 Å². The van der Waals surface area contributed by atoms with Crippen molar-refractivity contribution in [2.45, 2.75) is 26.3 Å². The summed E-state index contributed by atoms with van der Waals surface area (Å²) < 4.78 is 0. The van der Waals surface area contributed by atoms with Gasteiger partial charge in [0.1, 0.15) is 0 Å². The Labute approximate surface area is 114 Å². The van der Waals surface area contributed by atoms with Crippen molar-refractivity contribution in [2.75, 3.05) is 5.33 Å². The Balaban J connectivity index is 2.95. The Kier molecular flexibility index (Phi) is 4.45. The minimum absolute atomic E-state index is 0.0197. The van der Waals surface area contributed by atoms with E-state index >= 15 is 0 Å². The number of hydrogen-bond donors (Lipinski definition) is 1. The number of nitro groups is 1. The Morgan fingerprint density at radius 3 is 2.56 bits per heavy atom. The van der Waals surface area contributed by atoms with Crippen LogP contribution in [0.1, 0.15) is 29.8 Å². The molecule has 0 atom stereocenters. The van der Waals surface area contributed by atoms with E-state index in [1.165, 1.54) is 18.2 Å². The summed E-state index contributed by atoms with van der Waals surface area (Å²) in [6, 6.07) is 4.34. The number of carbonyl (C=O) groups is 1. The molecule has 0 fully saturated rings. The summed E-state index contributed by atoms with van der Waals surface area (Å²) >= 11 is 3.31. The lowest BCUT2D eigenvalue weighted by atomic mass is 10.1. The number of nitro benzene ring substituents is 1. The maximum absolute atomic E-state index is 12.0. The molecule has 6 heteroatoms. The fraction of sp³-hybridized carbons (Fsp3) is 0.417. The molecule has 0 spiro atoms. The van der Waals surface area contributed by atoms with Crippen LogP contribution in [0, 0.1) is 17.0 Å². The number of benzene rings is 1. The molecule has 0 saturated heterocycles. The molecule has 1 aromatic carbocycles. The third-order valence-corrected chi connectivity index (χ3v) is 3.84. The van der Waals surface area contributed by atoms with Gasteiger partial charge in [0.05, 0.1) is 4.92 Å². The average Bonchev–Trinajstić information content (AvgIpc) is 2.27. The van der Waals surface area contributed by atoms with Gasteiger partial charge < -0.3 is 5.32 Å². The molecule has 0 heterocycles. The fourth-order valence-corrected chi connectivity index (χ4v) is 1.55. The summed E-state index contributed by atoms with van der Waals surface area (Å²) in [5.74, 6) is -0.238. The smallest absolute Gasteiger partial charge is 0.272 e. The number of aryl methyl sites for hydroxylation is 1. The van der Waals surface area contributed by atoms with E-state index in [1.54, 1.807) is 6.92 Å². The van der Waals surface area contributed by atoms with E-state index in [1.807, 2.05) is 13.8 Å². The second-order valence-electron chi connectivity index (χ2n) is 4.73. The van der Waals surface area contributed by atoms with E-state index in [-0.39, 0.29) is 17.1 Å². The molecule has 0 radical (unpaired) electrons. The van der Waals surface area contributed by atoms with Crippen LogP contribution in [0.5, 0.6) is 0 Å². The van der Waals surface area contributed by atoms with E-state index in [0.717, 1.165) is 0 Å². The second-order valence-corrected chi connectivity index (χ2v) is 5.29. The third-order valence-electron chi connectivity index (χ3n) is 2.44. The molecule has 0 saturated carbocycles. The van der Waals surface area contributed by atoms with Gasteiger partial charge in [0.25, 0.3) is 11.6 Å². The summed E-state index contributed by atoms with van der Waals surface area (Å²) in [6.45, 7) is 5.39. The summed E-state index contributed by atoms with van der Waals surface area (Å²) in [5, 5.41) is 14.1. The van der Waals surface area contributed by atoms with Crippen LogP contribution in [0.3, 0.4) is 0 Å². The van der Waals surface area contributed by atoms with Crippen molar-refractivity contribution in [1.29, 1.82) is 0 Å². The van der Waals surface area contributed by atoms with Crippen LogP contribution in [-0.2, 0) is 0 Å². The summed E-state index contributed by atoms with van der Waals surface area (Å²) in [6.07, 6.45) is 0. The van der Waals surface area contributed by atoms with Gasteiger partial charge in [-0.15, -0.1) is 0 Å². The van der Waals surface area contributed by atoms with E-state index in [4.69, 9.17) is 0 Å². The second kappa shape index (κ2) is 5.48. The van der Waals surface area contributed by atoms with Crippen LogP contribution in [0.2, 0.25) is 0 Å². The first-order valence-electron chi connectivity index (χ1n) is 5.40. The molecule has 0 bridgehead atoms. The van der Waals surface area contributed by atoms with Crippen molar-refractivity contribution >= 4 is 27.5 Å². The summed E-state index contributed by atoms with van der Waals surface area (Å²) in [7, 11) is 0. The zero-order valence-electron chi connectivity index (χ0n) is 10.5. The van der Waals surface area contributed by atoms with Crippen LogP contribution < -0.4 is 5.32 Å². The lowest BCUT2D eigenvalue weighted by Crippen LogP contribution is -2.44. The van der Waals surface area contributed by atoms with Crippen molar-refractivity contribution < 1.29 is 9.72 Å². The SMILES string of the molecule is Cc1cc(C(=O)NC(C)(C)CBr)ccc1[N+](=O)[O-]. The molecule has 98 valence electrons. The molecule has 1 amide bonds. The number of nitrogens with one attached hydrogen (secondary N) is 1. The number of alkyl halides is 1. The first-order chi connectivity index (χ1) is 8.26. The fourth-order valence-electron chi connectivity index (χ4n) is 1.41. The van der Waals surface area contributed by atoms with Gasteiger partial charge in [-0.2, -0.15) is 0 Å². The van der Waals surface area contributed by atoms with Gasteiger partial charge in [0.2, 0.25) is 0 Å². The van der Waals surface area contributed by atoms with Crippen LogP contribution in [0.4, 0.5) is 5.69 Å². The number of nitrogens with zero attached hydrogens (tertiary/aromatic N) is 1. The number of rotatable bonds is 4. The third kappa shape index (κ3) is 3.53. The molecule has 1 aromatic rings. The highest BCUT2D eigenvalue weighted by Gasteiger charge is 2.21. The maximum Gasteiger partial charge on any atom is 0.272 e. The molecule has 0 aliphatic carbocycles. The minimum Gasteiger partial charge on any atom is -0.346 e. The van der Waals surface area contributed by atoms with E-state index < -0.39 is 4.92 Å². The number of hydrogen-bond acceptors (Lipinski definition) is 3. The first kappa shape index (κ1) is 14.6. The molecule has 0 aliphatic heterocycles. The van der Waals surface area contributed by atoms with Gasteiger partial charge in [-0.1, -0.05) is 15.9 Å². The zero-order chi connectivity index (χ0) is 13.9. The molecule has 18 heavy (non-hydrogen) atoms. The lowest BCUT2D eigenvalue weighted by Gasteiger charge is -2.23. The van der Waals surface area contributed by atoms with Gasteiger partial charge in [-0.25, -0.2) is 0 Å². The van der Waals surface area contributed by atoms with Crippen LogP contribution in [-0.4, -0.2) is 21.7 Å². The monoisotopic (exact) mass is 314 g/mol. The highest BCUT2D eigenvalue weighted by Crippen LogP contribution is 2.19. The molecule has 1 rings (SSSR count). The normalized spacial score (nSPS) is 11.1. The highest BCUT2D eigenvalue weighted by molar-refractivity contribution is 9.09. The minimum atomic E-state index is -0.459. The Morgan fingerprint density at radius 1 is 1.50 bits per heavy atom. The molecule has 5 nitrogen and oxygen atoms in total. The van der Waals surface area contributed by atoms with Crippen molar-refractivity contribution in [3.05, 3.63) is 39.4 Å². The predicted octanol–water partition coefficient (Wildman–Crippen LogP) is 2.81. The molecular formula is C12H15BrN2O3. The van der Waals surface area contributed by atoms with Crippen LogP contribution >= 0.6 is 15.9 Å². The standard InChI is InChI=1S/C12H15BrN2O3/c1-8-6-9(4-5-10(8)15(17)18)11(16)14-12(2,3)7-13/h4-6H,7H2,1-3H3,(H,14,16). The zero-order valence-corrected chi connectivity index (χ0v) is 12.1. The Hall–Kier alpha value is -1.43. The van der Waals surface area contributed by atoms with E-state index in [9.17, 15) is 14.9 Å².